The SMILES string of the molecule is CCCNC(CCCc1ccc(Br)cc1Cl)C(C)C. The summed E-state index contributed by atoms with van der Waals surface area (Å²) in [6.45, 7) is 7.91. The first-order chi connectivity index (χ1) is 9.04. The zero-order valence-electron chi connectivity index (χ0n) is 12.2. The summed E-state index contributed by atoms with van der Waals surface area (Å²) in [6, 6.07) is 6.79. The Morgan fingerprint density at radius 2 is 2.05 bits per heavy atom. The van der Waals surface area contributed by atoms with E-state index in [1.165, 1.54) is 24.8 Å². The fraction of sp³-hybridized carbons (Fsp3) is 0.625. The normalized spacial score (nSPS) is 12.9. The molecule has 0 aliphatic carbocycles. The molecule has 1 nitrogen and oxygen atoms in total. The third-order valence-corrected chi connectivity index (χ3v) is 4.28. The number of nitrogens with one attached hydrogen (secondary N) is 1. The summed E-state index contributed by atoms with van der Waals surface area (Å²) in [7, 11) is 0. The highest BCUT2D eigenvalue weighted by molar-refractivity contribution is 9.10. The molecular formula is C16H25BrClN. The van der Waals surface area contributed by atoms with Gasteiger partial charge in [0.05, 0.1) is 0 Å². The molecule has 0 spiro atoms. The van der Waals surface area contributed by atoms with E-state index in [0.717, 1.165) is 22.5 Å². The van der Waals surface area contributed by atoms with E-state index in [-0.39, 0.29) is 0 Å². The van der Waals surface area contributed by atoms with Gasteiger partial charge in [0, 0.05) is 15.5 Å². The molecule has 0 aliphatic rings. The molecule has 0 heterocycles. The Morgan fingerprint density at radius 1 is 1.32 bits per heavy atom. The van der Waals surface area contributed by atoms with Crippen LogP contribution >= 0.6 is 27.5 Å². The number of hydrogen-bond donors (Lipinski definition) is 1. The van der Waals surface area contributed by atoms with Crippen LogP contribution in [0.15, 0.2) is 22.7 Å². The highest BCUT2D eigenvalue weighted by atomic mass is 79.9. The first kappa shape index (κ1) is 17.0. The van der Waals surface area contributed by atoms with Crippen LogP contribution in [-0.2, 0) is 6.42 Å². The monoisotopic (exact) mass is 345 g/mol. The van der Waals surface area contributed by atoms with Crippen molar-refractivity contribution in [1.82, 2.24) is 5.32 Å². The van der Waals surface area contributed by atoms with Crippen LogP contribution in [0.25, 0.3) is 0 Å². The van der Waals surface area contributed by atoms with Gasteiger partial charge in [-0.1, -0.05) is 54.4 Å². The molecular weight excluding hydrogens is 322 g/mol. The molecule has 1 aromatic rings. The average molecular weight is 347 g/mol. The van der Waals surface area contributed by atoms with Crippen molar-refractivity contribution in [3.8, 4) is 0 Å². The molecule has 0 aromatic heterocycles. The summed E-state index contributed by atoms with van der Waals surface area (Å²) in [5.74, 6) is 0.687. The van der Waals surface area contributed by atoms with Crippen molar-refractivity contribution in [1.29, 1.82) is 0 Å². The largest absolute Gasteiger partial charge is 0.314 e. The van der Waals surface area contributed by atoms with Crippen molar-refractivity contribution in [2.75, 3.05) is 6.54 Å². The second kappa shape index (κ2) is 8.99. The zero-order chi connectivity index (χ0) is 14.3. The Labute approximate surface area is 131 Å². The van der Waals surface area contributed by atoms with Crippen molar-refractivity contribution in [3.63, 3.8) is 0 Å². The van der Waals surface area contributed by atoms with E-state index in [1.807, 2.05) is 6.07 Å². The van der Waals surface area contributed by atoms with Gasteiger partial charge < -0.3 is 5.32 Å². The van der Waals surface area contributed by atoms with Crippen LogP contribution in [0.2, 0.25) is 5.02 Å². The summed E-state index contributed by atoms with van der Waals surface area (Å²) in [5, 5.41) is 4.51. The Hall–Kier alpha value is -0.0500. The molecule has 0 saturated heterocycles. The number of rotatable bonds is 8. The van der Waals surface area contributed by atoms with Crippen molar-refractivity contribution >= 4 is 27.5 Å². The van der Waals surface area contributed by atoms with Crippen molar-refractivity contribution in [2.24, 2.45) is 5.92 Å². The second-order valence-corrected chi connectivity index (χ2v) is 6.76. The fourth-order valence-corrected chi connectivity index (χ4v) is 3.01. The Balaban J connectivity index is 2.42. The van der Waals surface area contributed by atoms with E-state index in [9.17, 15) is 0 Å². The minimum Gasteiger partial charge on any atom is -0.314 e. The van der Waals surface area contributed by atoms with E-state index in [1.54, 1.807) is 0 Å². The number of hydrogen-bond acceptors (Lipinski definition) is 1. The Kier molecular flexibility index (Phi) is 8.05. The van der Waals surface area contributed by atoms with Crippen LogP contribution in [-0.4, -0.2) is 12.6 Å². The average Bonchev–Trinajstić information content (AvgIpc) is 2.35. The van der Waals surface area contributed by atoms with Crippen molar-refractivity contribution in [3.05, 3.63) is 33.3 Å². The lowest BCUT2D eigenvalue weighted by Gasteiger charge is -2.22. The summed E-state index contributed by atoms with van der Waals surface area (Å²) in [4.78, 5) is 0. The molecule has 19 heavy (non-hydrogen) atoms. The summed E-state index contributed by atoms with van der Waals surface area (Å²) in [6.07, 6.45) is 4.65. The van der Waals surface area contributed by atoms with Crippen molar-refractivity contribution < 1.29 is 0 Å². The minimum absolute atomic E-state index is 0.620. The maximum Gasteiger partial charge on any atom is 0.0449 e. The second-order valence-electron chi connectivity index (χ2n) is 5.43. The summed E-state index contributed by atoms with van der Waals surface area (Å²) >= 11 is 9.69. The number of halogens is 2. The van der Waals surface area contributed by atoms with E-state index in [4.69, 9.17) is 11.6 Å². The topological polar surface area (TPSA) is 12.0 Å². The molecule has 108 valence electrons. The predicted molar refractivity (Wildman–Crippen MR) is 89.0 cm³/mol. The molecule has 0 amide bonds. The lowest BCUT2D eigenvalue weighted by Crippen LogP contribution is -2.34. The molecule has 0 aliphatic heterocycles. The van der Waals surface area contributed by atoms with Gasteiger partial charge in [-0.05, 0) is 55.8 Å². The molecule has 1 atom stereocenters. The standard InChI is InChI=1S/C16H25BrClN/c1-4-10-19-16(12(2)3)7-5-6-13-8-9-14(17)11-15(13)18/h8-9,11-12,16,19H,4-7,10H2,1-3H3. The Bertz CT molecular complexity index is 379. The first-order valence-electron chi connectivity index (χ1n) is 7.22. The van der Waals surface area contributed by atoms with E-state index < -0.39 is 0 Å². The number of benzene rings is 1. The van der Waals surface area contributed by atoms with Gasteiger partial charge >= 0.3 is 0 Å². The fourth-order valence-electron chi connectivity index (χ4n) is 2.24. The van der Waals surface area contributed by atoms with Gasteiger partial charge in [-0.25, -0.2) is 0 Å². The molecule has 0 saturated carbocycles. The highest BCUT2D eigenvalue weighted by Crippen LogP contribution is 2.23. The quantitative estimate of drug-likeness (QED) is 0.660. The lowest BCUT2D eigenvalue weighted by molar-refractivity contribution is 0.370. The van der Waals surface area contributed by atoms with Crippen molar-refractivity contribution in [2.45, 2.75) is 52.5 Å². The maximum absolute atomic E-state index is 6.25. The van der Waals surface area contributed by atoms with E-state index in [2.05, 4.69) is 54.2 Å². The molecule has 3 heteroatoms. The van der Waals surface area contributed by atoms with Gasteiger partial charge in [0.25, 0.3) is 0 Å². The molecule has 0 radical (unpaired) electrons. The molecule has 1 unspecified atom stereocenters. The lowest BCUT2D eigenvalue weighted by atomic mass is 9.96. The minimum atomic E-state index is 0.620. The molecule has 0 bridgehead atoms. The van der Waals surface area contributed by atoms with Crippen LogP contribution in [0.4, 0.5) is 0 Å². The Morgan fingerprint density at radius 3 is 2.63 bits per heavy atom. The highest BCUT2D eigenvalue weighted by Gasteiger charge is 2.12. The third-order valence-electron chi connectivity index (χ3n) is 3.44. The molecule has 1 rings (SSSR count). The van der Waals surface area contributed by atoms with Gasteiger partial charge in [0.2, 0.25) is 0 Å². The third kappa shape index (κ3) is 6.29. The van der Waals surface area contributed by atoms with Gasteiger partial charge in [0.15, 0.2) is 0 Å². The molecule has 1 N–H and O–H groups in total. The predicted octanol–water partition coefficient (Wildman–Crippen LogP) is 5.45. The zero-order valence-corrected chi connectivity index (χ0v) is 14.5. The molecule has 1 aromatic carbocycles. The van der Waals surface area contributed by atoms with Gasteiger partial charge in [-0.15, -0.1) is 0 Å². The van der Waals surface area contributed by atoms with Gasteiger partial charge in [-0.3, -0.25) is 0 Å². The van der Waals surface area contributed by atoms with E-state index >= 15 is 0 Å². The van der Waals surface area contributed by atoms with Crippen LogP contribution in [0.1, 0.15) is 45.6 Å². The summed E-state index contributed by atoms with van der Waals surface area (Å²) < 4.78 is 1.05. The maximum atomic E-state index is 6.25. The summed E-state index contributed by atoms with van der Waals surface area (Å²) in [5.41, 5.74) is 1.25. The van der Waals surface area contributed by atoms with Gasteiger partial charge in [0.1, 0.15) is 0 Å². The van der Waals surface area contributed by atoms with Crippen LogP contribution in [0, 0.1) is 5.92 Å². The number of aryl methyl sites for hydroxylation is 1. The first-order valence-corrected chi connectivity index (χ1v) is 8.39. The smallest absolute Gasteiger partial charge is 0.0449 e. The van der Waals surface area contributed by atoms with Crippen LogP contribution in [0.5, 0.6) is 0 Å². The van der Waals surface area contributed by atoms with E-state index in [0.29, 0.717) is 12.0 Å². The molecule has 0 fully saturated rings. The van der Waals surface area contributed by atoms with Gasteiger partial charge in [-0.2, -0.15) is 0 Å². The van der Waals surface area contributed by atoms with Crippen LogP contribution < -0.4 is 5.32 Å². The van der Waals surface area contributed by atoms with Crippen LogP contribution in [0.3, 0.4) is 0 Å².